The van der Waals surface area contributed by atoms with Gasteiger partial charge < -0.3 is 10.3 Å². The van der Waals surface area contributed by atoms with Crippen LogP contribution in [-0.2, 0) is 13.6 Å². The Kier molecular flexibility index (Phi) is 5.35. The molecule has 3 aromatic heterocycles. The highest BCUT2D eigenvalue weighted by atomic mass is 32.1. The number of halogens is 1. The molecule has 4 heterocycles. The maximum absolute atomic E-state index is 14.4. The van der Waals surface area contributed by atoms with E-state index < -0.39 is 17.5 Å². The van der Waals surface area contributed by atoms with Crippen LogP contribution in [0.3, 0.4) is 0 Å². The first-order valence-electron chi connectivity index (χ1n) is 9.39. The molecule has 8 nitrogen and oxygen atoms in total. The standard InChI is InChI=1S/C20H20FN5O3S/c1-22-18(27)14-4-3-13(17(21)23-14)11-5-7-26(8-6-11)10-12-9-15-16(30-12)19(28)25(2)20(29)24-15/h3-5,9H,6-8,10H2,1-2H3,(H,22,27)(H,24,29). The van der Waals surface area contributed by atoms with Crippen LogP contribution < -0.4 is 16.6 Å². The van der Waals surface area contributed by atoms with Gasteiger partial charge in [0.05, 0.1) is 5.52 Å². The number of amides is 1. The van der Waals surface area contributed by atoms with E-state index >= 15 is 0 Å². The van der Waals surface area contributed by atoms with Gasteiger partial charge in [0.2, 0.25) is 5.95 Å². The predicted octanol–water partition coefficient (Wildman–Crippen LogP) is 1.47. The maximum atomic E-state index is 14.4. The fourth-order valence-corrected chi connectivity index (χ4v) is 4.59. The Bertz CT molecular complexity index is 1290. The number of aromatic amines is 1. The average Bonchev–Trinajstić information content (AvgIpc) is 3.14. The third kappa shape index (κ3) is 3.71. The van der Waals surface area contributed by atoms with Crippen LogP contribution in [0.5, 0.6) is 0 Å². The molecular weight excluding hydrogens is 409 g/mol. The van der Waals surface area contributed by atoms with Gasteiger partial charge in [0.1, 0.15) is 10.4 Å². The third-order valence-electron chi connectivity index (χ3n) is 5.16. The second-order valence-corrected chi connectivity index (χ2v) is 8.22. The van der Waals surface area contributed by atoms with Crippen LogP contribution in [0.2, 0.25) is 0 Å². The topological polar surface area (TPSA) is 100 Å². The first-order chi connectivity index (χ1) is 14.4. The maximum Gasteiger partial charge on any atom is 0.328 e. The Labute approximate surface area is 174 Å². The normalized spacial score (nSPS) is 14.7. The SMILES string of the molecule is CNC(=O)c1ccc(C2=CCN(Cc3cc4[nH]c(=O)n(C)c(=O)c4s3)CC2)c(F)n1. The van der Waals surface area contributed by atoms with E-state index in [0.29, 0.717) is 41.8 Å². The molecule has 156 valence electrons. The lowest BCUT2D eigenvalue weighted by Gasteiger charge is -2.26. The van der Waals surface area contributed by atoms with Gasteiger partial charge in [-0.05, 0) is 30.2 Å². The van der Waals surface area contributed by atoms with Gasteiger partial charge in [0, 0.05) is 44.2 Å². The fourth-order valence-electron chi connectivity index (χ4n) is 3.46. The first kappa shape index (κ1) is 20.2. The number of H-pyrrole nitrogens is 1. The molecule has 30 heavy (non-hydrogen) atoms. The Hall–Kier alpha value is -3.11. The predicted molar refractivity (Wildman–Crippen MR) is 113 cm³/mol. The molecule has 0 aromatic carbocycles. The Morgan fingerprint density at radius 3 is 2.83 bits per heavy atom. The zero-order valence-corrected chi connectivity index (χ0v) is 17.3. The smallest absolute Gasteiger partial charge is 0.328 e. The summed E-state index contributed by atoms with van der Waals surface area (Å²) in [6.45, 7) is 1.96. The van der Waals surface area contributed by atoms with Gasteiger partial charge in [-0.3, -0.25) is 19.1 Å². The number of rotatable bonds is 4. The molecular formula is C20H20FN5O3S. The van der Waals surface area contributed by atoms with E-state index in [1.165, 1.54) is 31.5 Å². The second-order valence-electron chi connectivity index (χ2n) is 7.08. The molecule has 0 bridgehead atoms. The van der Waals surface area contributed by atoms with Gasteiger partial charge in [-0.15, -0.1) is 11.3 Å². The number of nitrogens with one attached hydrogen (secondary N) is 2. The number of fused-ring (bicyclic) bond motifs is 1. The van der Waals surface area contributed by atoms with Gasteiger partial charge in [0.25, 0.3) is 11.5 Å². The summed E-state index contributed by atoms with van der Waals surface area (Å²) in [6, 6.07) is 4.94. The van der Waals surface area contributed by atoms with Gasteiger partial charge in [0.15, 0.2) is 0 Å². The lowest BCUT2D eigenvalue weighted by Crippen LogP contribution is -2.31. The van der Waals surface area contributed by atoms with Crippen molar-refractivity contribution in [3.8, 4) is 0 Å². The van der Waals surface area contributed by atoms with Crippen molar-refractivity contribution in [2.45, 2.75) is 13.0 Å². The van der Waals surface area contributed by atoms with Crippen molar-refractivity contribution in [2.75, 3.05) is 20.1 Å². The van der Waals surface area contributed by atoms with Crippen LogP contribution in [0.15, 0.2) is 33.9 Å². The summed E-state index contributed by atoms with van der Waals surface area (Å²) in [6.07, 6.45) is 2.60. The molecule has 0 aliphatic carbocycles. The highest BCUT2D eigenvalue weighted by Crippen LogP contribution is 2.27. The molecule has 0 atom stereocenters. The Balaban J connectivity index is 1.50. The Morgan fingerprint density at radius 1 is 1.37 bits per heavy atom. The number of hydrogen-bond acceptors (Lipinski definition) is 6. The second kappa shape index (κ2) is 7.96. The molecule has 4 rings (SSSR count). The lowest BCUT2D eigenvalue weighted by molar-refractivity contribution is 0.0957. The van der Waals surface area contributed by atoms with E-state index in [1.54, 1.807) is 6.07 Å². The largest absolute Gasteiger partial charge is 0.354 e. The zero-order chi connectivity index (χ0) is 21.4. The molecule has 0 saturated carbocycles. The third-order valence-corrected chi connectivity index (χ3v) is 6.26. The van der Waals surface area contributed by atoms with Crippen molar-refractivity contribution in [3.05, 3.63) is 67.2 Å². The molecule has 1 amide bonds. The first-order valence-corrected chi connectivity index (χ1v) is 10.2. The van der Waals surface area contributed by atoms with Crippen molar-refractivity contribution >= 4 is 33.0 Å². The summed E-state index contributed by atoms with van der Waals surface area (Å²) in [5.74, 6) is -1.08. The van der Waals surface area contributed by atoms with Crippen molar-refractivity contribution in [1.82, 2.24) is 24.8 Å². The van der Waals surface area contributed by atoms with Gasteiger partial charge >= 0.3 is 5.69 Å². The van der Waals surface area contributed by atoms with Crippen LogP contribution in [-0.4, -0.2) is 45.5 Å². The summed E-state index contributed by atoms with van der Waals surface area (Å²) in [4.78, 5) is 45.2. The van der Waals surface area contributed by atoms with E-state index in [2.05, 4.69) is 20.2 Å². The molecule has 2 N–H and O–H groups in total. The number of hydrogen-bond donors (Lipinski definition) is 2. The van der Waals surface area contributed by atoms with Gasteiger partial charge in [-0.25, -0.2) is 9.78 Å². The molecule has 0 fully saturated rings. The Morgan fingerprint density at radius 2 is 2.17 bits per heavy atom. The molecule has 1 aliphatic heterocycles. The van der Waals surface area contributed by atoms with E-state index in [9.17, 15) is 18.8 Å². The minimum absolute atomic E-state index is 0.0470. The molecule has 1 aliphatic rings. The molecule has 3 aromatic rings. The van der Waals surface area contributed by atoms with E-state index in [0.717, 1.165) is 15.0 Å². The van der Waals surface area contributed by atoms with Crippen LogP contribution in [0, 0.1) is 5.95 Å². The van der Waals surface area contributed by atoms with Crippen molar-refractivity contribution in [1.29, 1.82) is 0 Å². The summed E-state index contributed by atoms with van der Waals surface area (Å²) in [7, 11) is 2.92. The minimum Gasteiger partial charge on any atom is -0.354 e. The number of carbonyl (C=O) groups is 1. The number of carbonyl (C=O) groups excluding carboxylic acids is 1. The van der Waals surface area contributed by atoms with Crippen LogP contribution >= 0.6 is 11.3 Å². The molecule has 0 unspecified atom stereocenters. The average molecular weight is 429 g/mol. The summed E-state index contributed by atoms with van der Waals surface area (Å²) in [5, 5.41) is 2.43. The number of thiophene rings is 1. The van der Waals surface area contributed by atoms with E-state index in [4.69, 9.17) is 0 Å². The number of nitrogens with zero attached hydrogens (tertiary/aromatic N) is 3. The number of aromatic nitrogens is 3. The quantitative estimate of drug-likeness (QED) is 0.612. The van der Waals surface area contributed by atoms with Gasteiger partial charge in [-0.2, -0.15) is 4.39 Å². The molecule has 0 radical (unpaired) electrons. The highest BCUT2D eigenvalue weighted by Gasteiger charge is 2.19. The summed E-state index contributed by atoms with van der Waals surface area (Å²) < 4.78 is 16.0. The van der Waals surface area contributed by atoms with Crippen LogP contribution in [0.1, 0.15) is 27.3 Å². The summed E-state index contributed by atoms with van der Waals surface area (Å²) >= 11 is 1.37. The van der Waals surface area contributed by atoms with Crippen molar-refractivity contribution < 1.29 is 9.18 Å². The molecule has 0 spiro atoms. The van der Waals surface area contributed by atoms with Crippen molar-refractivity contribution in [3.63, 3.8) is 0 Å². The van der Waals surface area contributed by atoms with Gasteiger partial charge in [-0.1, -0.05) is 6.08 Å². The lowest BCUT2D eigenvalue weighted by atomic mass is 10.0. The fraction of sp³-hybridized carbons (Fsp3) is 0.300. The van der Waals surface area contributed by atoms with E-state index in [1.807, 2.05) is 12.1 Å². The molecule has 10 heteroatoms. The monoisotopic (exact) mass is 429 g/mol. The minimum atomic E-state index is -0.653. The number of pyridine rings is 1. The zero-order valence-electron chi connectivity index (χ0n) is 16.5. The van der Waals surface area contributed by atoms with Crippen molar-refractivity contribution in [2.24, 2.45) is 7.05 Å². The summed E-state index contributed by atoms with van der Waals surface area (Å²) in [5.41, 5.74) is 1.14. The highest BCUT2D eigenvalue weighted by molar-refractivity contribution is 7.18. The van der Waals surface area contributed by atoms with E-state index in [-0.39, 0.29) is 11.3 Å². The molecule has 0 saturated heterocycles. The van der Waals surface area contributed by atoms with Crippen LogP contribution in [0.4, 0.5) is 4.39 Å². The van der Waals surface area contributed by atoms with Crippen LogP contribution in [0.25, 0.3) is 15.8 Å².